The van der Waals surface area contributed by atoms with E-state index in [2.05, 4.69) is 15.3 Å². The predicted octanol–water partition coefficient (Wildman–Crippen LogP) is 2.37. The summed E-state index contributed by atoms with van der Waals surface area (Å²) >= 11 is 1.70. The molecule has 1 aliphatic heterocycles. The fourth-order valence-corrected chi connectivity index (χ4v) is 4.14. The number of nitrogens with two attached hydrogens (primary N) is 1. The lowest BCUT2D eigenvalue weighted by molar-refractivity contribution is 0.104. The largest absolute Gasteiger partial charge is 0.325 e. The summed E-state index contributed by atoms with van der Waals surface area (Å²) in [7, 11) is 0. The predicted molar refractivity (Wildman–Crippen MR) is 70.8 cm³/mol. The van der Waals surface area contributed by atoms with E-state index in [0.29, 0.717) is 6.54 Å². The molecule has 1 saturated carbocycles. The Morgan fingerprint density at radius 2 is 2.24 bits per heavy atom. The minimum absolute atomic E-state index is 0.580. The van der Waals surface area contributed by atoms with Crippen LogP contribution in [0, 0.1) is 5.92 Å². The van der Waals surface area contributed by atoms with Crippen LogP contribution in [0.2, 0.25) is 0 Å². The molecule has 1 saturated heterocycles. The number of rotatable bonds is 3. The molecular weight excluding hydrogens is 230 g/mol. The number of thiazole rings is 1. The zero-order valence-electron chi connectivity index (χ0n) is 10.3. The van der Waals surface area contributed by atoms with Crippen LogP contribution in [0.1, 0.15) is 42.8 Å². The van der Waals surface area contributed by atoms with Crippen molar-refractivity contribution in [1.29, 1.82) is 0 Å². The van der Waals surface area contributed by atoms with Gasteiger partial charge in [-0.2, -0.15) is 0 Å². The number of hydrogen-bond donors (Lipinski definition) is 1. The molecule has 0 aromatic carbocycles. The summed E-state index contributed by atoms with van der Waals surface area (Å²) < 4.78 is 0. The van der Waals surface area contributed by atoms with Gasteiger partial charge in [-0.25, -0.2) is 4.98 Å². The standard InChI is InChI=1S/C13H21N3S/c14-7-13-15-11(9-17-13)8-16-6-2-4-10-3-1-5-12(10)16/h9-10,12H,1-8,14H2. The zero-order chi connectivity index (χ0) is 11.7. The zero-order valence-corrected chi connectivity index (χ0v) is 11.1. The van der Waals surface area contributed by atoms with Crippen LogP contribution in [0.15, 0.2) is 5.38 Å². The van der Waals surface area contributed by atoms with E-state index >= 15 is 0 Å². The topological polar surface area (TPSA) is 42.1 Å². The van der Waals surface area contributed by atoms with E-state index in [1.165, 1.54) is 44.3 Å². The molecule has 3 nitrogen and oxygen atoms in total. The first-order valence-corrected chi connectivity index (χ1v) is 7.62. The molecule has 0 amide bonds. The van der Waals surface area contributed by atoms with Crippen LogP contribution in [0.3, 0.4) is 0 Å². The van der Waals surface area contributed by atoms with Crippen molar-refractivity contribution in [2.24, 2.45) is 11.7 Å². The minimum atomic E-state index is 0.580. The molecule has 2 N–H and O–H groups in total. The van der Waals surface area contributed by atoms with Gasteiger partial charge in [-0.3, -0.25) is 4.90 Å². The first-order chi connectivity index (χ1) is 8.36. The molecule has 2 heterocycles. The van der Waals surface area contributed by atoms with E-state index < -0.39 is 0 Å². The Balaban J connectivity index is 1.67. The third kappa shape index (κ3) is 2.39. The normalized spacial score (nSPS) is 29.5. The fraction of sp³-hybridized carbons (Fsp3) is 0.769. The number of nitrogens with zero attached hydrogens (tertiary/aromatic N) is 2. The number of piperidine rings is 1. The maximum Gasteiger partial charge on any atom is 0.106 e. The Morgan fingerprint density at radius 3 is 3.06 bits per heavy atom. The highest BCUT2D eigenvalue weighted by molar-refractivity contribution is 7.09. The molecule has 17 heavy (non-hydrogen) atoms. The second-order valence-electron chi connectivity index (χ2n) is 5.31. The highest BCUT2D eigenvalue weighted by atomic mass is 32.1. The van der Waals surface area contributed by atoms with Crippen molar-refractivity contribution in [3.8, 4) is 0 Å². The summed E-state index contributed by atoms with van der Waals surface area (Å²) in [5, 5.41) is 3.25. The number of aromatic nitrogens is 1. The minimum Gasteiger partial charge on any atom is -0.325 e. The molecule has 1 aromatic rings. The maximum absolute atomic E-state index is 5.62. The highest BCUT2D eigenvalue weighted by Crippen LogP contribution is 2.37. The van der Waals surface area contributed by atoms with E-state index in [-0.39, 0.29) is 0 Å². The molecule has 2 atom stereocenters. The van der Waals surface area contributed by atoms with Gasteiger partial charge >= 0.3 is 0 Å². The fourth-order valence-electron chi connectivity index (χ4n) is 3.48. The van der Waals surface area contributed by atoms with Crippen molar-refractivity contribution >= 4 is 11.3 Å². The molecule has 1 aliphatic carbocycles. The van der Waals surface area contributed by atoms with Gasteiger partial charge < -0.3 is 5.73 Å². The summed E-state index contributed by atoms with van der Waals surface area (Å²) in [5.74, 6) is 0.969. The average Bonchev–Trinajstić information content (AvgIpc) is 2.97. The van der Waals surface area contributed by atoms with Gasteiger partial charge in [0.2, 0.25) is 0 Å². The van der Waals surface area contributed by atoms with E-state index in [1.54, 1.807) is 11.3 Å². The molecular formula is C13H21N3S. The van der Waals surface area contributed by atoms with Gasteiger partial charge in [0.05, 0.1) is 5.69 Å². The van der Waals surface area contributed by atoms with Crippen LogP contribution in [-0.4, -0.2) is 22.5 Å². The van der Waals surface area contributed by atoms with Crippen molar-refractivity contribution in [2.75, 3.05) is 6.54 Å². The summed E-state index contributed by atoms with van der Waals surface area (Å²) in [4.78, 5) is 7.25. The molecule has 0 spiro atoms. The number of likely N-dealkylation sites (tertiary alicyclic amines) is 1. The summed E-state index contributed by atoms with van der Waals surface area (Å²) in [6, 6.07) is 0.840. The molecule has 2 aliphatic rings. The van der Waals surface area contributed by atoms with Crippen LogP contribution in [0.5, 0.6) is 0 Å². The second-order valence-corrected chi connectivity index (χ2v) is 6.25. The van der Waals surface area contributed by atoms with Crippen molar-refractivity contribution in [3.05, 3.63) is 16.1 Å². The molecule has 4 heteroatoms. The van der Waals surface area contributed by atoms with Crippen LogP contribution in [-0.2, 0) is 13.1 Å². The van der Waals surface area contributed by atoms with Gasteiger partial charge in [-0.05, 0) is 38.1 Å². The Morgan fingerprint density at radius 1 is 1.35 bits per heavy atom. The van der Waals surface area contributed by atoms with Gasteiger partial charge in [-0.15, -0.1) is 11.3 Å². The Kier molecular flexibility index (Phi) is 3.45. The van der Waals surface area contributed by atoms with Gasteiger partial charge in [0.25, 0.3) is 0 Å². The van der Waals surface area contributed by atoms with E-state index in [9.17, 15) is 0 Å². The van der Waals surface area contributed by atoms with Gasteiger partial charge in [0, 0.05) is 24.5 Å². The summed E-state index contributed by atoms with van der Waals surface area (Å²) in [6.45, 7) is 2.88. The average molecular weight is 251 g/mol. The maximum atomic E-state index is 5.62. The highest BCUT2D eigenvalue weighted by Gasteiger charge is 2.34. The number of hydrogen-bond acceptors (Lipinski definition) is 4. The Labute approximate surface area is 107 Å². The van der Waals surface area contributed by atoms with Crippen molar-refractivity contribution in [3.63, 3.8) is 0 Å². The first-order valence-electron chi connectivity index (χ1n) is 6.74. The number of fused-ring (bicyclic) bond motifs is 1. The van der Waals surface area contributed by atoms with Crippen LogP contribution >= 0.6 is 11.3 Å². The van der Waals surface area contributed by atoms with E-state index in [4.69, 9.17) is 5.73 Å². The molecule has 2 unspecified atom stereocenters. The van der Waals surface area contributed by atoms with Crippen LogP contribution < -0.4 is 5.73 Å². The quantitative estimate of drug-likeness (QED) is 0.897. The molecule has 2 fully saturated rings. The monoisotopic (exact) mass is 251 g/mol. The lowest BCUT2D eigenvalue weighted by atomic mass is 9.92. The molecule has 0 bridgehead atoms. The molecule has 3 rings (SSSR count). The van der Waals surface area contributed by atoms with Crippen LogP contribution in [0.4, 0.5) is 0 Å². The third-order valence-corrected chi connectivity index (χ3v) is 5.17. The molecule has 0 radical (unpaired) electrons. The van der Waals surface area contributed by atoms with Gasteiger partial charge in [-0.1, -0.05) is 6.42 Å². The summed E-state index contributed by atoms with van der Waals surface area (Å²) in [5.41, 5.74) is 6.84. The van der Waals surface area contributed by atoms with Crippen molar-refractivity contribution in [2.45, 2.75) is 51.2 Å². The van der Waals surface area contributed by atoms with E-state index in [1.807, 2.05) is 0 Å². The van der Waals surface area contributed by atoms with Gasteiger partial charge in [0.1, 0.15) is 5.01 Å². The molecule has 94 valence electrons. The lowest BCUT2D eigenvalue weighted by Gasteiger charge is -2.37. The van der Waals surface area contributed by atoms with E-state index in [0.717, 1.165) is 23.5 Å². The lowest BCUT2D eigenvalue weighted by Crippen LogP contribution is -2.41. The third-order valence-electron chi connectivity index (χ3n) is 4.25. The summed E-state index contributed by atoms with van der Waals surface area (Å²) in [6.07, 6.45) is 7.10. The SMILES string of the molecule is NCc1nc(CN2CCCC3CCCC32)cs1. The second kappa shape index (κ2) is 5.04. The van der Waals surface area contributed by atoms with Crippen molar-refractivity contribution in [1.82, 2.24) is 9.88 Å². The van der Waals surface area contributed by atoms with Crippen molar-refractivity contribution < 1.29 is 0 Å². The Hall–Kier alpha value is -0.450. The Bertz CT molecular complexity index is 376. The first kappa shape index (κ1) is 11.6. The smallest absolute Gasteiger partial charge is 0.106 e. The van der Waals surface area contributed by atoms with Crippen LogP contribution in [0.25, 0.3) is 0 Å². The molecule has 1 aromatic heterocycles. The van der Waals surface area contributed by atoms with Gasteiger partial charge in [0.15, 0.2) is 0 Å².